The summed E-state index contributed by atoms with van der Waals surface area (Å²) < 4.78 is 0. The number of nitrogens with zero attached hydrogens (tertiary/aromatic N) is 3. The van der Waals surface area contributed by atoms with Gasteiger partial charge in [-0.25, -0.2) is 4.98 Å². The third-order valence-corrected chi connectivity index (χ3v) is 3.13. The first kappa shape index (κ1) is 13.5. The summed E-state index contributed by atoms with van der Waals surface area (Å²) in [4.78, 5) is 33.1. The topological polar surface area (TPSA) is 75.2 Å². The van der Waals surface area contributed by atoms with Gasteiger partial charge in [-0.1, -0.05) is 6.42 Å². The number of hydrogen-bond donors (Lipinski definition) is 1. The molecule has 2 amide bonds. The van der Waals surface area contributed by atoms with Crippen LogP contribution >= 0.6 is 0 Å². The van der Waals surface area contributed by atoms with Crippen molar-refractivity contribution in [3.05, 3.63) is 24.3 Å². The maximum atomic E-state index is 11.8. The summed E-state index contributed by atoms with van der Waals surface area (Å²) in [6.07, 6.45) is 8.17. The van der Waals surface area contributed by atoms with Gasteiger partial charge in [-0.15, -0.1) is 0 Å². The predicted molar refractivity (Wildman–Crippen MR) is 69.4 cm³/mol. The van der Waals surface area contributed by atoms with Crippen LogP contribution in [-0.4, -0.2) is 46.3 Å². The number of carbonyl (C=O) groups excluding carboxylic acids is 2. The van der Waals surface area contributed by atoms with Crippen LogP contribution in [0.1, 0.15) is 36.2 Å². The summed E-state index contributed by atoms with van der Waals surface area (Å²) in [6.45, 7) is 1.80. The molecule has 1 N–H and O–H groups in total. The molecule has 1 saturated heterocycles. The van der Waals surface area contributed by atoms with Crippen molar-refractivity contribution >= 4 is 11.8 Å². The standard InChI is InChI=1S/C13H18N4O2/c18-12-4-2-1-3-8-17(12)9-7-16-13(19)11-10-14-5-6-15-11/h5-6,10H,1-4,7-9H2,(H,16,19). The lowest BCUT2D eigenvalue weighted by Crippen LogP contribution is -2.38. The van der Waals surface area contributed by atoms with Crippen molar-refractivity contribution in [2.24, 2.45) is 0 Å². The third-order valence-electron chi connectivity index (χ3n) is 3.13. The molecule has 2 rings (SSSR count). The van der Waals surface area contributed by atoms with Gasteiger partial charge in [-0.3, -0.25) is 14.6 Å². The summed E-state index contributed by atoms with van der Waals surface area (Å²) in [5.41, 5.74) is 0.296. The zero-order valence-electron chi connectivity index (χ0n) is 10.8. The van der Waals surface area contributed by atoms with Crippen LogP contribution in [0.3, 0.4) is 0 Å². The van der Waals surface area contributed by atoms with Crippen LogP contribution in [0.2, 0.25) is 0 Å². The fraction of sp³-hybridized carbons (Fsp3) is 0.538. The molecule has 1 aliphatic heterocycles. The van der Waals surface area contributed by atoms with E-state index in [1.165, 1.54) is 18.6 Å². The van der Waals surface area contributed by atoms with Crippen LogP contribution in [0.25, 0.3) is 0 Å². The Hall–Kier alpha value is -1.98. The van der Waals surface area contributed by atoms with Crippen molar-refractivity contribution in [3.8, 4) is 0 Å². The molecule has 0 atom stereocenters. The van der Waals surface area contributed by atoms with E-state index in [0.717, 1.165) is 25.8 Å². The van der Waals surface area contributed by atoms with Gasteiger partial charge in [0.05, 0.1) is 6.20 Å². The SMILES string of the molecule is O=C(NCCN1CCCCCC1=O)c1cnccn1. The molecule has 0 saturated carbocycles. The van der Waals surface area contributed by atoms with Gasteiger partial charge >= 0.3 is 0 Å². The van der Waals surface area contributed by atoms with E-state index in [1.54, 1.807) is 0 Å². The average molecular weight is 262 g/mol. The molecule has 1 aliphatic rings. The van der Waals surface area contributed by atoms with Gasteiger partial charge in [-0.2, -0.15) is 0 Å². The van der Waals surface area contributed by atoms with E-state index in [9.17, 15) is 9.59 Å². The molecule has 2 heterocycles. The normalized spacial score (nSPS) is 16.0. The maximum Gasteiger partial charge on any atom is 0.271 e. The first-order chi connectivity index (χ1) is 9.27. The molecule has 6 nitrogen and oxygen atoms in total. The Balaban J connectivity index is 1.77. The van der Waals surface area contributed by atoms with E-state index < -0.39 is 0 Å². The van der Waals surface area contributed by atoms with Crippen LogP contribution < -0.4 is 5.32 Å². The minimum absolute atomic E-state index is 0.186. The molecule has 1 aromatic heterocycles. The second-order valence-corrected chi connectivity index (χ2v) is 4.54. The van der Waals surface area contributed by atoms with Gasteiger partial charge in [-0.05, 0) is 12.8 Å². The van der Waals surface area contributed by atoms with Crippen molar-refractivity contribution in [2.45, 2.75) is 25.7 Å². The number of hydrogen-bond acceptors (Lipinski definition) is 4. The molecule has 0 unspecified atom stereocenters. The van der Waals surface area contributed by atoms with Crippen molar-refractivity contribution in [3.63, 3.8) is 0 Å². The summed E-state index contributed by atoms with van der Waals surface area (Å²) in [5.74, 6) is -0.0679. The highest BCUT2D eigenvalue weighted by Gasteiger charge is 2.16. The Bertz CT molecular complexity index is 436. The predicted octanol–water partition coefficient (Wildman–Crippen LogP) is 0.609. The molecular weight excluding hydrogens is 244 g/mol. The first-order valence-electron chi connectivity index (χ1n) is 6.59. The molecule has 0 aromatic carbocycles. The molecule has 0 spiro atoms. The number of carbonyl (C=O) groups is 2. The number of amides is 2. The largest absolute Gasteiger partial charge is 0.349 e. The Morgan fingerprint density at radius 1 is 1.32 bits per heavy atom. The van der Waals surface area contributed by atoms with Crippen LogP contribution in [0, 0.1) is 0 Å². The quantitative estimate of drug-likeness (QED) is 0.862. The highest BCUT2D eigenvalue weighted by molar-refractivity contribution is 5.91. The minimum atomic E-state index is -0.254. The summed E-state index contributed by atoms with van der Waals surface area (Å²) in [7, 11) is 0. The molecule has 19 heavy (non-hydrogen) atoms. The average Bonchev–Trinajstić information content (AvgIpc) is 2.65. The van der Waals surface area contributed by atoms with E-state index >= 15 is 0 Å². The zero-order chi connectivity index (χ0) is 13.5. The minimum Gasteiger partial charge on any atom is -0.349 e. The van der Waals surface area contributed by atoms with E-state index in [1.807, 2.05) is 4.90 Å². The molecule has 1 aromatic rings. The van der Waals surface area contributed by atoms with Crippen LogP contribution in [0.5, 0.6) is 0 Å². The first-order valence-corrected chi connectivity index (χ1v) is 6.59. The molecule has 6 heteroatoms. The van der Waals surface area contributed by atoms with E-state index in [0.29, 0.717) is 25.2 Å². The van der Waals surface area contributed by atoms with Crippen LogP contribution in [-0.2, 0) is 4.79 Å². The monoisotopic (exact) mass is 262 g/mol. The number of rotatable bonds is 4. The van der Waals surface area contributed by atoms with Gasteiger partial charge in [0.2, 0.25) is 5.91 Å². The third kappa shape index (κ3) is 4.01. The van der Waals surface area contributed by atoms with Crippen molar-refractivity contribution in [2.75, 3.05) is 19.6 Å². The number of nitrogens with one attached hydrogen (secondary N) is 1. The fourth-order valence-electron chi connectivity index (χ4n) is 2.09. The van der Waals surface area contributed by atoms with E-state index in [2.05, 4.69) is 15.3 Å². The Morgan fingerprint density at radius 3 is 3.00 bits per heavy atom. The van der Waals surface area contributed by atoms with Crippen LogP contribution in [0.4, 0.5) is 0 Å². The van der Waals surface area contributed by atoms with Crippen molar-refractivity contribution in [1.29, 1.82) is 0 Å². The van der Waals surface area contributed by atoms with Crippen LogP contribution in [0.15, 0.2) is 18.6 Å². The fourth-order valence-corrected chi connectivity index (χ4v) is 2.09. The molecule has 0 radical (unpaired) electrons. The maximum absolute atomic E-state index is 11.8. The Labute approximate surface area is 112 Å². The second kappa shape index (κ2) is 6.82. The van der Waals surface area contributed by atoms with Gasteiger partial charge < -0.3 is 10.2 Å². The highest BCUT2D eigenvalue weighted by Crippen LogP contribution is 2.10. The van der Waals surface area contributed by atoms with Crippen molar-refractivity contribution in [1.82, 2.24) is 20.2 Å². The second-order valence-electron chi connectivity index (χ2n) is 4.54. The highest BCUT2D eigenvalue weighted by atomic mass is 16.2. The smallest absolute Gasteiger partial charge is 0.271 e. The lowest BCUT2D eigenvalue weighted by atomic mass is 10.2. The summed E-state index contributed by atoms with van der Waals surface area (Å²) in [6, 6.07) is 0. The lowest BCUT2D eigenvalue weighted by Gasteiger charge is -2.20. The van der Waals surface area contributed by atoms with Gasteiger partial charge in [0.15, 0.2) is 0 Å². The Kier molecular flexibility index (Phi) is 4.83. The lowest BCUT2D eigenvalue weighted by molar-refractivity contribution is -0.130. The summed E-state index contributed by atoms with van der Waals surface area (Å²) >= 11 is 0. The van der Waals surface area contributed by atoms with Crippen molar-refractivity contribution < 1.29 is 9.59 Å². The molecule has 102 valence electrons. The zero-order valence-corrected chi connectivity index (χ0v) is 10.8. The molecule has 0 aliphatic carbocycles. The Morgan fingerprint density at radius 2 is 2.21 bits per heavy atom. The van der Waals surface area contributed by atoms with Gasteiger partial charge in [0.25, 0.3) is 5.91 Å². The number of likely N-dealkylation sites (tertiary alicyclic amines) is 1. The van der Waals surface area contributed by atoms with E-state index in [-0.39, 0.29) is 11.8 Å². The molecule has 1 fully saturated rings. The van der Waals surface area contributed by atoms with Gasteiger partial charge in [0.1, 0.15) is 5.69 Å². The molecular formula is C13H18N4O2. The molecule has 0 bridgehead atoms. The van der Waals surface area contributed by atoms with E-state index in [4.69, 9.17) is 0 Å². The van der Waals surface area contributed by atoms with Gasteiger partial charge in [0, 0.05) is 38.4 Å². The summed E-state index contributed by atoms with van der Waals surface area (Å²) in [5, 5.41) is 2.75. The number of aromatic nitrogens is 2.